The van der Waals surface area contributed by atoms with Crippen molar-refractivity contribution in [3.8, 4) is 0 Å². The van der Waals surface area contributed by atoms with E-state index < -0.39 is 0 Å². The summed E-state index contributed by atoms with van der Waals surface area (Å²) in [6, 6.07) is 5.00. The Morgan fingerprint density at radius 2 is 2.04 bits per heavy atom. The molecule has 3 rings (SSSR count). The van der Waals surface area contributed by atoms with E-state index in [1.165, 1.54) is 11.8 Å². The lowest BCUT2D eigenvalue weighted by molar-refractivity contribution is -0.113. The summed E-state index contributed by atoms with van der Waals surface area (Å²) in [6.07, 6.45) is 2.54. The van der Waals surface area contributed by atoms with Gasteiger partial charge in [-0.05, 0) is 31.4 Å². The number of aryl methyl sites for hydroxylation is 1. The Kier molecular flexibility index (Phi) is 4.94. The van der Waals surface area contributed by atoms with E-state index in [4.69, 9.17) is 23.2 Å². The largest absolute Gasteiger partial charge is 0.323 e. The summed E-state index contributed by atoms with van der Waals surface area (Å²) in [6.45, 7) is 0. The Balaban J connectivity index is 1.66. The number of rotatable bonds is 4. The van der Waals surface area contributed by atoms with E-state index in [-0.39, 0.29) is 17.2 Å². The van der Waals surface area contributed by atoms with Gasteiger partial charge in [-0.25, -0.2) is 4.98 Å². The quantitative estimate of drug-likeness (QED) is 0.640. The molecule has 0 saturated heterocycles. The smallest absolute Gasteiger partial charge is 0.254 e. The third kappa shape index (κ3) is 3.71. The van der Waals surface area contributed by atoms with Crippen molar-refractivity contribution in [2.45, 2.75) is 24.4 Å². The molecule has 120 valence electrons. The average molecular weight is 370 g/mol. The number of carbonyl (C=O) groups is 1. The molecule has 0 atom stereocenters. The third-order valence-corrected chi connectivity index (χ3v) is 4.99. The van der Waals surface area contributed by atoms with Crippen molar-refractivity contribution >= 4 is 46.6 Å². The van der Waals surface area contributed by atoms with E-state index in [1.807, 2.05) is 0 Å². The molecule has 0 spiro atoms. The topological polar surface area (TPSA) is 74.8 Å². The van der Waals surface area contributed by atoms with Gasteiger partial charge in [-0.3, -0.25) is 9.59 Å². The molecule has 5 nitrogen and oxygen atoms in total. The summed E-state index contributed by atoms with van der Waals surface area (Å²) >= 11 is 13.2. The van der Waals surface area contributed by atoms with Gasteiger partial charge in [-0.2, -0.15) is 0 Å². The third-order valence-electron chi connectivity index (χ3n) is 3.49. The first-order valence-electron chi connectivity index (χ1n) is 7.03. The van der Waals surface area contributed by atoms with Crippen LogP contribution in [0.25, 0.3) is 0 Å². The van der Waals surface area contributed by atoms with Crippen LogP contribution in [-0.2, 0) is 17.6 Å². The SMILES string of the molecule is O=C(CSc1nc2c(c(=O)[nH]1)CCC2)Nc1c(Cl)cccc1Cl. The maximum absolute atomic E-state index is 12.0. The van der Waals surface area contributed by atoms with Crippen LogP contribution in [0.5, 0.6) is 0 Å². The standard InChI is InChI=1S/C15H13Cl2N3O2S/c16-9-4-2-5-10(17)13(9)19-12(21)7-23-15-18-11-6-1-3-8(11)14(22)20-15/h2,4-5H,1,3,6-7H2,(H,19,21)(H,18,20,22). The van der Waals surface area contributed by atoms with E-state index in [2.05, 4.69) is 15.3 Å². The number of thioether (sulfide) groups is 1. The van der Waals surface area contributed by atoms with Crippen LogP contribution in [-0.4, -0.2) is 21.6 Å². The van der Waals surface area contributed by atoms with Gasteiger partial charge in [0.05, 0.1) is 27.2 Å². The number of fused-ring (bicyclic) bond motifs is 1. The summed E-state index contributed by atoms with van der Waals surface area (Å²) < 4.78 is 0. The van der Waals surface area contributed by atoms with Crippen LogP contribution in [0.3, 0.4) is 0 Å². The van der Waals surface area contributed by atoms with Gasteiger partial charge in [0.25, 0.3) is 5.56 Å². The molecule has 0 radical (unpaired) electrons. The zero-order chi connectivity index (χ0) is 16.4. The second-order valence-corrected chi connectivity index (χ2v) is 6.86. The van der Waals surface area contributed by atoms with E-state index >= 15 is 0 Å². The van der Waals surface area contributed by atoms with Crippen LogP contribution in [0, 0.1) is 0 Å². The van der Waals surface area contributed by atoms with Crippen molar-refractivity contribution in [2.75, 3.05) is 11.1 Å². The summed E-state index contributed by atoms with van der Waals surface area (Å²) in [4.78, 5) is 31.1. The van der Waals surface area contributed by atoms with Gasteiger partial charge in [0, 0.05) is 5.56 Å². The zero-order valence-electron chi connectivity index (χ0n) is 12.0. The summed E-state index contributed by atoms with van der Waals surface area (Å²) in [5.41, 5.74) is 1.88. The molecule has 2 aromatic rings. The highest BCUT2D eigenvalue weighted by atomic mass is 35.5. The monoisotopic (exact) mass is 369 g/mol. The summed E-state index contributed by atoms with van der Waals surface area (Å²) in [7, 11) is 0. The molecule has 0 bridgehead atoms. The van der Waals surface area contributed by atoms with Crippen LogP contribution in [0.15, 0.2) is 28.2 Å². The van der Waals surface area contributed by atoms with E-state index in [0.29, 0.717) is 20.9 Å². The highest BCUT2D eigenvalue weighted by Crippen LogP contribution is 2.30. The number of para-hydroxylation sites is 1. The first-order valence-corrected chi connectivity index (χ1v) is 8.77. The minimum atomic E-state index is -0.270. The summed E-state index contributed by atoms with van der Waals surface area (Å²) in [5, 5.41) is 3.88. The lowest BCUT2D eigenvalue weighted by Gasteiger charge is -2.09. The predicted molar refractivity (Wildman–Crippen MR) is 92.7 cm³/mol. The number of hydrogen-bond acceptors (Lipinski definition) is 4. The minimum absolute atomic E-state index is 0.100. The Morgan fingerprint density at radius 3 is 2.78 bits per heavy atom. The molecule has 1 heterocycles. The number of aromatic amines is 1. The molecule has 1 aliphatic rings. The Hall–Kier alpha value is -1.50. The number of carbonyl (C=O) groups excluding carboxylic acids is 1. The van der Waals surface area contributed by atoms with Crippen LogP contribution in [0.1, 0.15) is 17.7 Å². The van der Waals surface area contributed by atoms with Crippen molar-refractivity contribution in [1.29, 1.82) is 0 Å². The van der Waals surface area contributed by atoms with Gasteiger partial charge >= 0.3 is 0 Å². The second kappa shape index (κ2) is 6.95. The van der Waals surface area contributed by atoms with Gasteiger partial charge in [0.15, 0.2) is 5.16 Å². The van der Waals surface area contributed by atoms with Crippen molar-refractivity contribution in [3.05, 3.63) is 49.9 Å². The zero-order valence-corrected chi connectivity index (χ0v) is 14.3. The van der Waals surface area contributed by atoms with Gasteiger partial charge in [0.2, 0.25) is 5.91 Å². The number of halogens is 2. The van der Waals surface area contributed by atoms with E-state index in [9.17, 15) is 9.59 Å². The van der Waals surface area contributed by atoms with Gasteiger partial charge in [-0.15, -0.1) is 0 Å². The van der Waals surface area contributed by atoms with Crippen LogP contribution in [0.2, 0.25) is 10.0 Å². The molecule has 1 aromatic heterocycles. The van der Waals surface area contributed by atoms with Crippen molar-refractivity contribution < 1.29 is 4.79 Å². The number of hydrogen-bond donors (Lipinski definition) is 2. The first-order chi connectivity index (χ1) is 11.0. The lowest BCUT2D eigenvalue weighted by Crippen LogP contribution is -2.17. The Morgan fingerprint density at radius 1 is 1.30 bits per heavy atom. The molecule has 1 amide bonds. The second-order valence-electron chi connectivity index (χ2n) is 5.08. The average Bonchev–Trinajstić information content (AvgIpc) is 2.98. The normalized spacial score (nSPS) is 13.0. The molecule has 0 aliphatic heterocycles. The number of amides is 1. The molecule has 0 saturated carbocycles. The molecule has 23 heavy (non-hydrogen) atoms. The van der Waals surface area contributed by atoms with Gasteiger partial charge in [-0.1, -0.05) is 41.0 Å². The number of nitrogens with zero attached hydrogens (tertiary/aromatic N) is 1. The lowest BCUT2D eigenvalue weighted by atomic mass is 10.3. The number of aromatic nitrogens is 2. The van der Waals surface area contributed by atoms with Gasteiger partial charge in [0.1, 0.15) is 0 Å². The maximum atomic E-state index is 12.0. The van der Waals surface area contributed by atoms with Crippen molar-refractivity contribution in [3.63, 3.8) is 0 Å². The fourth-order valence-corrected chi connectivity index (χ4v) is 3.59. The number of nitrogens with one attached hydrogen (secondary N) is 2. The molecule has 0 unspecified atom stereocenters. The molecular formula is C15H13Cl2N3O2S. The van der Waals surface area contributed by atoms with Crippen LogP contribution >= 0.6 is 35.0 Å². The fraction of sp³-hybridized carbons (Fsp3) is 0.267. The first kappa shape index (κ1) is 16.4. The molecule has 0 fully saturated rings. The maximum Gasteiger partial charge on any atom is 0.254 e. The van der Waals surface area contributed by atoms with E-state index in [0.717, 1.165) is 30.5 Å². The highest BCUT2D eigenvalue weighted by molar-refractivity contribution is 7.99. The molecular weight excluding hydrogens is 357 g/mol. The molecule has 8 heteroatoms. The highest BCUT2D eigenvalue weighted by Gasteiger charge is 2.18. The summed E-state index contributed by atoms with van der Waals surface area (Å²) in [5.74, 6) is -0.170. The van der Waals surface area contributed by atoms with Gasteiger partial charge < -0.3 is 10.3 Å². The van der Waals surface area contributed by atoms with Crippen molar-refractivity contribution in [2.24, 2.45) is 0 Å². The van der Waals surface area contributed by atoms with E-state index in [1.54, 1.807) is 18.2 Å². The number of benzene rings is 1. The number of anilines is 1. The van der Waals surface area contributed by atoms with Crippen LogP contribution < -0.4 is 10.9 Å². The molecule has 1 aliphatic carbocycles. The minimum Gasteiger partial charge on any atom is -0.323 e. The Bertz CT molecular complexity index is 803. The molecule has 2 N–H and O–H groups in total. The number of H-pyrrole nitrogens is 1. The fourth-order valence-electron chi connectivity index (χ4n) is 2.41. The molecule has 1 aromatic carbocycles. The van der Waals surface area contributed by atoms with Crippen molar-refractivity contribution in [1.82, 2.24) is 9.97 Å². The predicted octanol–water partition coefficient (Wildman–Crippen LogP) is 3.30. The van der Waals surface area contributed by atoms with Crippen LogP contribution in [0.4, 0.5) is 5.69 Å². The Labute approximate surface area is 146 Å².